The number of rotatable bonds is 4. The molecule has 2 N–H and O–H groups in total. The van der Waals surface area contributed by atoms with Gasteiger partial charge in [-0.05, 0) is 51.0 Å². The summed E-state index contributed by atoms with van der Waals surface area (Å²) >= 11 is 0. The van der Waals surface area contributed by atoms with Gasteiger partial charge >= 0.3 is 0 Å². The van der Waals surface area contributed by atoms with Crippen LogP contribution < -0.4 is 10.9 Å². The lowest BCUT2D eigenvalue weighted by Crippen LogP contribution is -2.28. The van der Waals surface area contributed by atoms with E-state index in [0.717, 1.165) is 28.1 Å². The molecule has 0 spiro atoms. The maximum absolute atomic E-state index is 12.7. The standard InChI is InChI=1S/C21H22N4O2/c1-12-5-6-16(19-11-22-15(4)9-23-19)8-17(12)20(26)24-10-18-13(2)7-14(3)25-21(18)27/h5-9,11H,10H2,1-4H3,(H,24,26)(H,25,27). The second-order valence-electron chi connectivity index (χ2n) is 6.70. The zero-order valence-corrected chi connectivity index (χ0v) is 15.9. The van der Waals surface area contributed by atoms with Gasteiger partial charge in [-0.2, -0.15) is 0 Å². The summed E-state index contributed by atoms with van der Waals surface area (Å²) in [5.74, 6) is -0.228. The number of aryl methyl sites for hydroxylation is 4. The molecule has 0 saturated heterocycles. The van der Waals surface area contributed by atoms with E-state index in [1.165, 1.54) is 0 Å². The third kappa shape index (κ3) is 4.11. The molecule has 3 aromatic rings. The van der Waals surface area contributed by atoms with Gasteiger partial charge in [-0.1, -0.05) is 12.1 Å². The summed E-state index contributed by atoms with van der Waals surface area (Å²) in [7, 11) is 0. The minimum atomic E-state index is -0.228. The Labute approximate surface area is 157 Å². The topological polar surface area (TPSA) is 87.7 Å². The average Bonchev–Trinajstić information content (AvgIpc) is 2.62. The van der Waals surface area contributed by atoms with Crippen LogP contribution in [-0.4, -0.2) is 20.9 Å². The van der Waals surface area contributed by atoms with E-state index in [0.29, 0.717) is 16.8 Å². The molecule has 2 aromatic heterocycles. The molecule has 0 aliphatic carbocycles. The number of H-pyrrole nitrogens is 1. The van der Waals surface area contributed by atoms with E-state index >= 15 is 0 Å². The third-order valence-electron chi connectivity index (χ3n) is 4.48. The average molecular weight is 362 g/mol. The third-order valence-corrected chi connectivity index (χ3v) is 4.48. The summed E-state index contributed by atoms with van der Waals surface area (Å²) < 4.78 is 0. The molecule has 1 amide bonds. The van der Waals surface area contributed by atoms with Gasteiger partial charge in [-0.15, -0.1) is 0 Å². The van der Waals surface area contributed by atoms with Crippen molar-refractivity contribution in [2.45, 2.75) is 34.2 Å². The van der Waals surface area contributed by atoms with E-state index in [9.17, 15) is 9.59 Å². The van der Waals surface area contributed by atoms with E-state index in [-0.39, 0.29) is 18.0 Å². The maximum atomic E-state index is 12.7. The molecule has 0 aliphatic rings. The predicted molar refractivity (Wildman–Crippen MR) is 105 cm³/mol. The summed E-state index contributed by atoms with van der Waals surface area (Å²) in [6.07, 6.45) is 3.39. The Morgan fingerprint density at radius 2 is 1.81 bits per heavy atom. The van der Waals surface area contributed by atoms with Gasteiger partial charge in [0.1, 0.15) is 0 Å². The van der Waals surface area contributed by atoms with Crippen molar-refractivity contribution in [1.29, 1.82) is 0 Å². The number of pyridine rings is 1. The largest absolute Gasteiger partial charge is 0.348 e. The smallest absolute Gasteiger partial charge is 0.253 e. The number of aromatic amines is 1. The number of amides is 1. The van der Waals surface area contributed by atoms with E-state index in [1.54, 1.807) is 18.5 Å². The van der Waals surface area contributed by atoms with Gasteiger partial charge in [0.25, 0.3) is 11.5 Å². The summed E-state index contributed by atoms with van der Waals surface area (Å²) in [6, 6.07) is 7.50. The van der Waals surface area contributed by atoms with Gasteiger partial charge in [0.15, 0.2) is 0 Å². The Kier molecular flexibility index (Phi) is 5.16. The molecule has 6 nitrogen and oxygen atoms in total. The van der Waals surface area contributed by atoms with E-state index in [2.05, 4.69) is 20.3 Å². The quantitative estimate of drug-likeness (QED) is 0.747. The predicted octanol–water partition coefficient (Wildman–Crippen LogP) is 3.00. The van der Waals surface area contributed by atoms with Gasteiger partial charge in [0.2, 0.25) is 0 Å². The van der Waals surface area contributed by atoms with Crippen molar-refractivity contribution in [2.24, 2.45) is 0 Å². The molecule has 27 heavy (non-hydrogen) atoms. The Balaban J connectivity index is 1.84. The first-order chi connectivity index (χ1) is 12.8. The molecular weight excluding hydrogens is 340 g/mol. The fourth-order valence-electron chi connectivity index (χ4n) is 2.93. The van der Waals surface area contributed by atoms with Crippen LogP contribution in [0.3, 0.4) is 0 Å². The first-order valence-corrected chi connectivity index (χ1v) is 8.72. The molecular formula is C21H22N4O2. The first-order valence-electron chi connectivity index (χ1n) is 8.72. The molecule has 2 heterocycles. The monoisotopic (exact) mass is 362 g/mol. The van der Waals surface area contributed by atoms with Crippen molar-refractivity contribution in [1.82, 2.24) is 20.3 Å². The van der Waals surface area contributed by atoms with Crippen LogP contribution in [0, 0.1) is 27.7 Å². The van der Waals surface area contributed by atoms with Crippen molar-refractivity contribution in [3.05, 3.63) is 80.7 Å². The Morgan fingerprint density at radius 3 is 2.48 bits per heavy atom. The van der Waals surface area contributed by atoms with Gasteiger partial charge in [-0.3, -0.25) is 19.6 Å². The molecule has 6 heteroatoms. The highest BCUT2D eigenvalue weighted by atomic mass is 16.1. The van der Waals surface area contributed by atoms with Crippen molar-refractivity contribution >= 4 is 5.91 Å². The molecule has 0 unspecified atom stereocenters. The summed E-state index contributed by atoms with van der Waals surface area (Å²) in [5.41, 5.74) is 5.82. The number of nitrogens with one attached hydrogen (secondary N) is 2. The molecule has 0 bridgehead atoms. The van der Waals surface area contributed by atoms with Gasteiger partial charge in [0.05, 0.1) is 17.6 Å². The number of nitrogens with zero attached hydrogens (tertiary/aromatic N) is 2. The lowest BCUT2D eigenvalue weighted by atomic mass is 10.0. The number of hydrogen-bond acceptors (Lipinski definition) is 4. The van der Waals surface area contributed by atoms with Crippen LogP contribution in [0.5, 0.6) is 0 Å². The Hall–Kier alpha value is -3.28. The highest BCUT2D eigenvalue weighted by Gasteiger charge is 2.13. The second kappa shape index (κ2) is 7.53. The van der Waals surface area contributed by atoms with Gasteiger partial charge < -0.3 is 10.3 Å². The number of aromatic nitrogens is 3. The van der Waals surface area contributed by atoms with E-state index in [1.807, 2.05) is 45.9 Å². The maximum Gasteiger partial charge on any atom is 0.253 e. The first kappa shape index (κ1) is 18.5. The summed E-state index contributed by atoms with van der Waals surface area (Å²) in [5, 5.41) is 2.85. The minimum absolute atomic E-state index is 0.173. The summed E-state index contributed by atoms with van der Waals surface area (Å²) in [6.45, 7) is 7.63. The van der Waals surface area contributed by atoms with Crippen molar-refractivity contribution in [3.63, 3.8) is 0 Å². The highest BCUT2D eigenvalue weighted by Crippen LogP contribution is 2.20. The molecule has 0 radical (unpaired) electrons. The van der Waals surface area contributed by atoms with E-state index in [4.69, 9.17) is 0 Å². The molecule has 0 aliphatic heterocycles. The van der Waals surface area contributed by atoms with Crippen LogP contribution in [0.25, 0.3) is 11.3 Å². The number of carbonyl (C=O) groups excluding carboxylic acids is 1. The molecule has 0 fully saturated rings. The van der Waals surface area contributed by atoms with Gasteiger partial charge in [-0.25, -0.2) is 0 Å². The van der Waals surface area contributed by atoms with Crippen LogP contribution in [0.15, 0.2) is 41.5 Å². The van der Waals surface area contributed by atoms with Crippen molar-refractivity contribution < 1.29 is 4.79 Å². The van der Waals surface area contributed by atoms with Crippen LogP contribution >= 0.6 is 0 Å². The van der Waals surface area contributed by atoms with Crippen LogP contribution in [-0.2, 0) is 6.54 Å². The molecule has 138 valence electrons. The van der Waals surface area contributed by atoms with Crippen LogP contribution in [0.2, 0.25) is 0 Å². The molecule has 0 atom stereocenters. The van der Waals surface area contributed by atoms with E-state index < -0.39 is 0 Å². The SMILES string of the molecule is Cc1cnc(-c2ccc(C)c(C(=O)NCc3c(C)cc(C)[nH]c3=O)c2)cn1. The highest BCUT2D eigenvalue weighted by molar-refractivity contribution is 5.96. The number of carbonyl (C=O) groups is 1. The molecule has 1 aromatic carbocycles. The summed E-state index contributed by atoms with van der Waals surface area (Å²) in [4.78, 5) is 36.2. The molecule has 3 rings (SSSR count). The molecule has 0 saturated carbocycles. The lowest BCUT2D eigenvalue weighted by molar-refractivity contribution is 0.0950. The van der Waals surface area contributed by atoms with Crippen molar-refractivity contribution in [2.75, 3.05) is 0 Å². The Morgan fingerprint density at radius 1 is 1.04 bits per heavy atom. The lowest BCUT2D eigenvalue weighted by Gasteiger charge is -2.11. The van der Waals surface area contributed by atoms with Crippen LogP contribution in [0.4, 0.5) is 0 Å². The zero-order valence-electron chi connectivity index (χ0n) is 15.9. The Bertz CT molecular complexity index is 1050. The fraction of sp³-hybridized carbons (Fsp3) is 0.238. The minimum Gasteiger partial charge on any atom is -0.348 e. The number of benzene rings is 1. The second-order valence-corrected chi connectivity index (χ2v) is 6.70. The normalized spacial score (nSPS) is 10.7. The van der Waals surface area contributed by atoms with Gasteiger partial charge in [0, 0.05) is 35.1 Å². The zero-order chi connectivity index (χ0) is 19.6. The van der Waals surface area contributed by atoms with Crippen molar-refractivity contribution in [3.8, 4) is 11.3 Å². The van der Waals surface area contributed by atoms with Crippen LogP contribution in [0.1, 0.15) is 38.4 Å². The fourth-order valence-corrected chi connectivity index (χ4v) is 2.93. The number of hydrogen-bond donors (Lipinski definition) is 2.